The summed E-state index contributed by atoms with van der Waals surface area (Å²) in [4.78, 5) is 24.9. The maximum atomic E-state index is 12.8. The molecule has 0 saturated heterocycles. The van der Waals surface area contributed by atoms with E-state index in [1.807, 2.05) is 31.2 Å². The van der Waals surface area contributed by atoms with Gasteiger partial charge in [-0.3, -0.25) is 9.59 Å². The molecule has 0 aromatic heterocycles. The number of nitrogens with one attached hydrogen (secondary N) is 1. The number of carbonyl (C=O) groups is 2. The smallest absolute Gasteiger partial charge is 0.262 e. The van der Waals surface area contributed by atoms with Gasteiger partial charge in [-0.25, -0.2) is 0 Å². The quantitative estimate of drug-likeness (QED) is 0.265. The fourth-order valence-electron chi connectivity index (χ4n) is 3.08. The summed E-state index contributed by atoms with van der Waals surface area (Å²) in [5.41, 5.74) is 1.61. The number of Topliss-reactive ketones (excluding diaryl/α,β-unsaturated/α-hetero) is 1. The molecule has 0 unspecified atom stereocenters. The van der Waals surface area contributed by atoms with Crippen molar-refractivity contribution >= 4 is 23.5 Å². The first kappa shape index (κ1) is 24.1. The summed E-state index contributed by atoms with van der Waals surface area (Å²) in [6.45, 7) is 1.99. The molecule has 1 amide bonds. The van der Waals surface area contributed by atoms with E-state index >= 15 is 0 Å². The number of benzene rings is 3. The second-order valence-corrected chi connectivity index (χ2v) is 7.07. The number of nitrogens with zero attached hydrogens (tertiary/aromatic N) is 1. The maximum absolute atomic E-state index is 12.8. The molecule has 7 nitrogen and oxygen atoms in total. The zero-order valence-electron chi connectivity index (χ0n) is 18.9. The lowest BCUT2D eigenvalue weighted by Gasteiger charge is -2.13. The first-order valence-electron chi connectivity index (χ1n) is 10.6. The van der Waals surface area contributed by atoms with Gasteiger partial charge in [0, 0.05) is 11.3 Å². The Kier molecular flexibility index (Phi) is 8.42. The highest BCUT2D eigenvalue weighted by Crippen LogP contribution is 2.30. The van der Waals surface area contributed by atoms with Gasteiger partial charge >= 0.3 is 0 Å². The van der Waals surface area contributed by atoms with E-state index in [1.54, 1.807) is 54.6 Å². The van der Waals surface area contributed by atoms with Crippen LogP contribution in [0.5, 0.6) is 17.2 Å². The van der Waals surface area contributed by atoms with Gasteiger partial charge in [-0.1, -0.05) is 24.3 Å². The second kappa shape index (κ2) is 11.9. The Labute approximate surface area is 198 Å². The molecular formula is C27H24N2O5. The van der Waals surface area contributed by atoms with Crippen molar-refractivity contribution in [2.24, 2.45) is 0 Å². The van der Waals surface area contributed by atoms with Crippen molar-refractivity contribution < 1.29 is 23.8 Å². The van der Waals surface area contributed by atoms with E-state index in [9.17, 15) is 14.9 Å². The molecule has 3 aromatic carbocycles. The van der Waals surface area contributed by atoms with Crippen LogP contribution in [0.1, 0.15) is 22.8 Å². The van der Waals surface area contributed by atoms with Gasteiger partial charge in [0.1, 0.15) is 17.4 Å². The number of nitriles is 1. The van der Waals surface area contributed by atoms with Gasteiger partial charge in [-0.05, 0) is 67.1 Å². The highest BCUT2D eigenvalue weighted by atomic mass is 16.5. The number of hydrogen-bond acceptors (Lipinski definition) is 6. The van der Waals surface area contributed by atoms with Crippen LogP contribution in [0.25, 0.3) is 6.08 Å². The van der Waals surface area contributed by atoms with E-state index in [1.165, 1.54) is 13.2 Å². The van der Waals surface area contributed by atoms with Gasteiger partial charge < -0.3 is 19.5 Å². The monoisotopic (exact) mass is 456 g/mol. The summed E-state index contributed by atoms with van der Waals surface area (Å²) >= 11 is 0. The van der Waals surface area contributed by atoms with E-state index < -0.39 is 5.78 Å². The molecule has 0 aliphatic rings. The minimum Gasteiger partial charge on any atom is -0.497 e. The Hall–Kier alpha value is -4.57. The van der Waals surface area contributed by atoms with Gasteiger partial charge in [0.05, 0.1) is 13.7 Å². The van der Waals surface area contributed by atoms with Crippen LogP contribution in [0.2, 0.25) is 0 Å². The average Bonchev–Trinajstić information content (AvgIpc) is 2.87. The molecule has 1 N–H and O–H groups in total. The third kappa shape index (κ3) is 6.47. The Morgan fingerprint density at radius 2 is 1.71 bits per heavy atom. The minimum atomic E-state index is -0.402. The third-order valence-electron chi connectivity index (χ3n) is 4.71. The zero-order chi connectivity index (χ0) is 24.3. The van der Waals surface area contributed by atoms with Crippen molar-refractivity contribution in [2.45, 2.75) is 6.92 Å². The van der Waals surface area contributed by atoms with E-state index in [4.69, 9.17) is 14.2 Å². The molecule has 0 heterocycles. The standard InChI is InChI=1S/C27H24N2O5/c1-3-33-25-16-19(15-21(17-28)27(31)20-10-12-23(32-2)13-11-20)9-14-24(25)34-18-26(30)29-22-7-5-4-6-8-22/h4-16H,3,18H2,1-2H3,(H,29,30)/b21-15+. The predicted octanol–water partition coefficient (Wildman–Crippen LogP) is 4.90. The summed E-state index contributed by atoms with van der Waals surface area (Å²) in [5.74, 6) is 0.684. The number of ether oxygens (including phenoxy) is 3. The largest absolute Gasteiger partial charge is 0.497 e. The highest BCUT2D eigenvalue weighted by molar-refractivity contribution is 6.14. The van der Waals surface area contributed by atoms with E-state index in [2.05, 4.69) is 5.32 Å². The van der Waals surface area contributed by atoms with Crippen LogP contribution in [0.15, 0.2) is 78.4 Å². The number of ketones is 1. The molecule has 0 aliphatic carbocycles. The molecule has 172 valence electrons. The minimum absolute atomic E-state index is 0.0245. The van der Waals surface area contributed by atoms with Crippen molar-refractivity contribution in [1.82, 2.24) is 0 Å². The lowest BCUT2D eigenvalue weighted by Crippen LogP contribution is -2.20. The third-order valence-corrected chi connectivity index (χ3v) is 4.71. The van der Waals surface area contributed by atoms with Crippen LogP contribution in [0.3, 0.4) is 0 Å². The van der Waals surface area contributed by atoms with Crippen molar-refractivity contribution in [3.8, 4) is 23.3 Å². The topological polar surface area (TPSA) is 97.7 Å². The first-order chi connectivity index (χ1) is 16.5. The van der Waals surface area contributed by atoms with Crippen molar-refractivity contribution in [3.05, 3.63) is 89.5 Å². The molecule has 3 aromatic rings. The van der Waals surface area contributed by atoms with Crippen LogP contribution in [-0.4, -0.2) is 32.0 Å². The molecule has 3 rings (SSSR count). The van der Waals surface area contributed by atoms with Gasteiger partial charge in [-0.15, -0.1) is 0 Å². The van der Waals surface area contributed by atoms with Crippen LogP contribution in [-0.2, 0) is 4.79 Å². The number of para-hydroxylation sites is 1. The molecule has 0 saturated carbocycles. The molecule has 7 heteroatoms. The molecule has 34 heavy (non-hydrogen) atoms. The van der Waals surface area contributed by atoms with Crippen molar-refractivity contribution in [2.75, 3.05) is 25.6 Å². The fraction of sp³-hybridized carbons (Fsp3) is 0.148. The summed E-state index contributed by atoms with van der Waals surface area (Å²) in [5, 5.41) is 12.3. The van der Waals surface area contributed by atoms with Gasteiger partial charge in [-0.2, -0.15) is 5.26 Å². The highest BCUT2D eigenvalue weighted by Gasteiger charge is 2.14. The van der Waals surface area contributed by atoms with Crippen LogP contribution in [0.4, 0.5) is 5.69 Å². The summed E-state index contributed by atoms with van der Waals surface area (Å²) in [7, 11) is 1.54. The number of allylic oxidation sites excluding steroid dienone is 1. The lowest BCUT2D eigenvalue weighted by atomic mass is 10.0. The lowest BCUT2D eigenvalue weighted by molar-refractivity contribution is -0.118. The maximum Gasteiger partial charge on any atom is 0.262 e. The predicted molar refractivity (Wildman–Crippen MR) is 129 cm³/mol. The Morgan fingerprint density at radius 1 is 0.971 bits per heavy atom. The SMILES string of the molecule is CCOc1cc(/C=C(\C#N)C(=O)c2ccc(OC)cc2)ccc1OCC(=O)Nc1ccccc1. The van der Waals surface area contributed by atoms with Crippen LogP contribution >= 0.6 is 0 Å². The second-order valence-electron chi connectivity index (χ2n) is 7.07. The van der Waals surface area contributed by atoms with Gasteiger partial charge in [0.15, 0.2) is 18.1 Å². The molecule has 0 radical (unpaired) electrons. The summed E-state index contributed by atoms with van der Waals surface area (Å²) < 4.78 is 16.4. The normalized spacial score (nSPS) is 10.7. The van der Waals surface area contributed by atoms with Gasteiger partial charge in [0.25, 0.3) is 5.91 Å². The number of rotatable bonds is 10. The van der Waals surface area contributed by atoms with Crippen LogP contribution in [0, 0.1) is 11.3 Å². The Morgan fingerprint density at radius 3 is 2.35 bits per heavy atom. The zero-order valence-corrected chi connectivity index (χ0v) is 18.9. The van der Waals surface area contributed by atoms with E-state index in [0.29, 0.717) is 40.7 Å². The number of methoxy groups -OCH3 is 1. The molecule has 0 fully saturated rings. The fourth-order valence-corrected chi connectivity index (χ4v) is 3.08. The number of carbonyl (C=O) groups excluding carboxylic acids is 2. The Bertz CT molecular complexity index is 1210. The van der Waals surface area contributed by atoms with Crippen molar-refractivity contribution in [3.63, 3.8) is 0 Å². The van der Waals surface area contributed by atoms with Crippen molar-refractivity contribution in [1.29, 1.82) is 5.26 Å². The van der Waals surface area contributed by atoms with E-state index in [-0.39, 0.29) is 18.1 Å². The molecule has 0 atom stereocenters. The molecule has 0 spiro atoms. The Balaban J connectivity index is 1.75. The summed E-state index contributed by atoms with van der Waals surface area (Å²) in [6.07, 6.45) is 1.49. The first-order valence-corrected chi connectivity index (χ1v) is 10.6. The molecular weight excluding hydrogens is 432 g/mol. The van der Waals surface area contributed by atoms with Crippen LogP contribution < -0.4 is 19.5 Å². The summed E-state index contributed by atoms with van der Waals surface area (Å²) in [6, 6.07) is 22.6. The number of anilines is 1. The van der Waals surface area contributed by atoms with Gasteiger partial charge in [0.2, 0.25) is 5.78 Å². The average molecular weight is 456 g/mol. The van der Waals surface area contributed by atoms with E-state index in [0.717, 1.165) is 0 Å². The number of amides is 1. The molecule has 0 bridgehead atoms. The molecule has 0 aliphatic heterocycles. The number of hydrogen-bond donors (Lipinski definition) is 1.